The quantitative estimate of drug-likeness (QED) is 0.135. The minimum Gasteiger partial charge on any atom is -0.0620 e. The maximum atomic E-state index is 2.41. The molecule has 14 aliphatic rings. The van der Waals surface area contributed by atoms with Gasteiger partial charge in [0.1, 0.15) is 0 Å². The summed E-state index contributed by atoms with van der Waals surface area (Å²) in [7, 11) is 0. The Balaban J connectivity index is 0.000000101. The van der Waals surface area contributed by atoms with Crippen LogP contribution in [0.4, 0.5) is 0 Å². The smallest absolute Gasteiger partial charge is 0.00414 e. The molecule has 14 saturated carbocycles. The summed E-state index contributed by atoms with van der Waals surface area (Å²) in [6.07, 6.45) is 55.4. The zero-order valence-electron chi connectivity index (χ0n) is 63.5. The maximum absolute atomic E-state index is 2.41. The van der Waals surface area contributed by atoms with Gasteiger partial charge in [-0.05, 0) is 405 Å². The summed E-state index contributed by atoms with van der Waals surface area (Å²) in [6, 6.07) is 44.1. The first kappa shape index (κ1) is 70.4. The molecule has 0 aromatic heterocycles. The van der Waals surface area contributed by atoms with Crippen molar-refractivity contribution < 1.29 is 0 Å². The fourth-order valence-corrected chi connectivity index (χ4v) is 24.5. The highest BCUT2D eigenvalue weighted by Crippen LogP contribution is 2.61. The average Bonchev–Trinajstić information content (AvgIpc) is 1.26. The molecule has 98 heavy (non-hydrogen) atoms. The van der Waals surface area contributed by atoms with Crippen molar-refractivity contribution in [1.29, 1.82) is 0 Å². The molecule has 20 rings (SSSR count). The zero-order valence-corrected chi connectivity index (χ0v) is 63.5. The number of rotatable bonds is 9. The van der Waals surface area contributed by atoms with Crippen LogP contribution in [0.1, 0.15) is 386 Å². The van der Waals surface area contributed by atoms with Crippen LogP contribution in [-0.2, 0) is 5.41 Å². The van der Waals surface area contributed by atoms with Gasteiger partial charge in [0.2, 0.25) is 0 Å². The summed E-state index contributed by atoms with van der Waals surface area (Å²) in [4.78, 5) is 0. The summed E-state index contributed by atoms with van der Waals surface area (Å²) in [5, 5.41) is 0. The molecular weight excluding hydrogens is 1180 g/mol. The highest BCUT2D eigenvalue weighted by molar-refractivity contribution is 5.44. The summed E-state index contributed by atoms with van der Waals surface area (Å²) >= 11 is 0. The average molecular weight is 1310 g/mol. The SMILES string of the molecule is Cc1c(C2CCC2)cccc1C1CCC1.Cc1c(C2CCCC2)cccc1C1CCCC1.Cc1c(C2CCCCC2)cccc1C1CCCCC1.Cc1cccc(C23CCC(CC2)C3)c1C.Cc1cccc(C2CC3CCC2C3)c1C.Cc1ccccc1C1C2CC3CC(C2)CC1C3. The lowest BCUT2D eigenvalue weighted by Gasteiger charge is -2.55. The number of hydrogen-bond acceptors (Lipinski definition) is 0. The minimum atomic E-state index is 0.584. The van der Waals surface area contributed by atoms with E-state index in [4.69, 9.17) is 0 Å². The van der Waals surface area contributed by atoms with Gasteiger partial charge >= 0.3 is 0 Å². The second-order valence-corrected chi connectivity index (χ2v) is 36.1. The molecule has 3 atom stereocenters. The third-order valence-corrected chi connectivity index (χ3v) is 30.5. The van der Waals surface area contributed by atoms with Crippen molar-refractivity contribution in [1.82, 2.24) is 0 Å². The molecule has 0 aliphatic heterocycles. The molecule has 0 amide bonds. The lowest BCUT2D eigenvalue weighted by molar-refractivity contribution is -0.00297. The Kier molecular flexibility index (Phi) is 23.2. The molecule has 0 spiro atoms. The van der Waals surface area contributed by atoms with Crippen LogP contribution in [0.2, 0.25) is 0 Å². The summed E-state index contributed by atoms with van der Waals surface area (Å²) in [6.45, 7) is 18.5. The lowest BCUT2D eigenvalue weighted by Crippen LogP contribution is -2.43. The normalized spacial score (nSPS) is 29.4. The number of aryl methyl sites for hydroxylation is 3. The summed E-state index contributed by atoms with van der Waals surface area (Å²) in [5.41, 5.74) is 28.1. The van der Waals surface area contributed by atoms with Crippen LogP contribution >= 0.6 is 0 Å². The Bertz CT molecular complexity index is 3410. The van der Waals surface area contributed by atoms with Crippen LogP contribution in [0.25, 0.3) is 0 Å². The predicted octanol–water partition coefficient (Wildman–Crippen LogP) is 28.8. The second kappa shape index (κ2) is 32.3. The fourth-order valence-electron chi connectivity index (χ4n) is 24.5. The Labute approximate surface area is 599 Å². The van der Waals surface area contributed by atoms with E-state index in [9.17, 15) is 0 Å². The lowest BCUT2D eigenvalue weighted by atomic mass is 9.50. The van der Waals surface area contributed by atoms with Crippen molar-refractivity contribution in [3.05, 3.63) is 210 Å². The van der Waals surface area contributed by atoms with E-state index in [-0.39, 0.29) is 0 Å². The Morgan fingerprint density at radius 1 is 0.245 bits per heavy atom. The van der Waals surface area contributed by atoms with E-state index in [2.05, 4.69) is 171 Å². The van der Waals surface area contributed by atoms with Gasteiger partial charge < -0.3 is 0 Å². The highest BCUT2D eigenvalue weighted by atomic mass is 14.5. The van der Waals surface area contributed by atoms with E-state index in [0.717, 1.165) is 88.8 Å². The van der Waals surface area contributed by atoms with Crippen LogP contribution in [-0.4, -0.2) is 0 Å². The summed E-state index contributed by atoms with van der Waals surface area (Å²) in [5.74, 6) is 14.4. The van der Waals surface area contributed by atoms with Crippen LogP contribution in [0, 0.1) is 96.8 Å². The van der Waals surface area contributed by atoms with E-state index in [0.29, 0.717) is 5.41 Å². The van der Waals surface area contributed by atoms with Crippen molar-refractivity contribution in [3.8, 4) is 0 Å². The van der Waals surface area contributed by atoms with Gasteiger partial charge in [-0.15, -0.1) is 0 Å². The fraction of sp³-hybridized carbons (Fsp3) is 0.633. The van der Waals surface area contributed by atoms with Gasteiger partial charge in [0.15, 0.2) is 0 Å². The Hall–Kier alpha value is -4.68. The topological polar surface area (TPSA) is 0 Å². The number of benzene rings is 6. The number of hydrogen-bond donors (Lipinski definition) is 0. The van der Waals surface area contributed by atoms with Crippen molar-refractivity contribution in [3.63, 3.8) is 0 Å². The van der Waals surface area contributed by atoms with Gasteiger partial charge in [-0.3, -0.25) is 0 Å². The van der Waals surface area contributed by atoms with E-state index in [1.807, 2.05) is 0 Å². The molecule has 0 heterocycles. The molecule has 0 N–H and O–H groups in total. The maximum Gasteiger partial charge on any atom is -0.00414 e. The van der Waals surface area contributed by atoms with Gasteiger partial charge in [0.25, 0.3) is 0 Å². The Morgan fingerprint density at radius 2 is 0.602 bits per heavy atom. The van der Waals surface area contributed by atoms with Crippen LogP contribution in [0.3, 0.4) is 0 Å². The largest absolute Gasteiger partial charge is 0.0620 e. The van der Waals surface area contributed by atoms with Gasteiger partial charge in [0, 0.05) is 0 Å². The molecular formula is C98H134. The van der Waals surface area contributed by atoms with Crippen LogP contribution < -0.4 is 0 Å². The second-order valence-electron chi connectivity index (χ2n) is 36.1. The van der Waals surface area contributed by atoms with Gasteiger partial charge in [-0.1, -0.05) is 199 Å². The molecule has 0 nitrogen and oxygen atoms in total. The molecule has 8 bridgehead atoms. The molecule has 3 unspecified atom stereocenters. The van der Waals surface area contributed by atoms with E-state index in [1.54, 1.807) is 84.3 Å². The van der Waals surface area contributed by atoms with E-state index < -0.39 is 0 Å². The van der Waals surface area contributed by atoms with Gasteiger partial charge in [0.05, 0.1) is 0 Å². The molecule has 0 heteroatoms. The van der Waals surface area contributed by atoms with Crippen molar-refractivity contribution in [2.24, 2.45) is 41.4 Å². The first-order chi connectivity index (χ1) is 47.9. The van der Waals surface area contributed by atoms with Crippen molar-refractivity contribution >= 4 is 0 Å². The number of fused-ring (bicyclic) bond motifs is 4. The van der Waals surface area contributed by atoms with Gasteiger partial charge in [-0.25, -0.2) is 0 Å². The molecule has 0 saturated heterocycles. The zero-order chi connectivity index (χ0) is 67.3. The Morgan fingerprint density at radius 3 is 0.980 bits per heavy atom. The first-order valence-electron chi connectivity index (χ1n) is 42.3. The monoisotopic (exact) mass is 1310 g/mol. The third-order valence-electron chi connectivity index (χ3n) is 30.5. The summed E-state index contributed by atoms with van der Waals surface area (Å²) < 4.78 is 0. The van der Waals surface area contributed by atoms with E-state index >= 15 is 0 Å². The predicted molar refractivity (Wildman–Crippen MR) is 420 cm³/mol. The molecule has 6 aromatic rings. The van der Waals surface area contributed by atoms with Crippen LogP contribution in [0.15, 0.2) is 115 Å². The van der Waals surface area contributed by atoms with Crippen LogP contribution in [0.5, 0.6) is 0 Å². The first-order valence-corrected chi connectivity index (χ1v) is 42.3. The standard InChI is InChI=1S/C19H28.C17H22.C17H24.3C15H20/c1-15-18(16-9-4-2-5-10-16)13-8-14-19(15)17-11-6-3-7-12-17;1-11-4-2-3-5-16(11)17-14-7-12-6-13(9-14)10-15(17)8-12;1-13-16(14-7-2-3-8-14)11-6-12-17(13)15-9-4-5-10-15;1-11-14(12-5-2-6-12)9-4-10-15(11)13-7-3-8-13;1-11-4-3-5-14(12(11)2)15-8-6-13(10-15)7-9-15;1-10-4-3-5-14(11(10)2)15-9-12-6-7-13(15)8-12/h8,13-14,16-17H,2-7,9-12H2,1H3;2-5,12-15,17H,6-10H2,1H3;6,11-12,14-15H,2-5,7-10H2,1H3;4,9-10,12-13H,2-3,5-8H2,1H3;3-5,13H,6-10H2,1-2H3;3-5,12-13,15H,6-9H2,1-2H3. The minimum absolute atomic E-state index is 0.584. The molecule has 6 aromatic carbocycles. The molecule has 14 aliphatic carbocycles. The molecule has 14 fully saturated rings. The molecule has 526 valence electrons. The molecule has 0 radical (unpaired) electrons. The van der Waals surface area contributed by atoms with Crippen molar-refractivity contribution in [2.75, 3.05) is 0 Å². The van der Waals surface area contributed by atoms with Gasteiger partial charge in [-0.2, -0.15) is 0 Å². The van der Waals surface area contributed by atoms with E-state index in [1.165, 1.54) is 254 Å². The highest BCUT2D eigenvalue weighted by Gasteiger charge is 2.49. The van der Waals surface area contributed by atoms with Crippen molar-refractivity contribution in [2.45, 2.75) is 352 Å². The third kappa shape index (κ3) is 15.6.